The van der Waals surface area contributed by atoms with E-state index in [9.17, 15) is 9.59 Å². The molecule has 2 aromatic rings. The van der Waals surface area contributed by atoms with Crippen LogP contribution in [0.4, 0.5) is 0 Å². The van der Waals surface area contributed by atoms with Crippen LogP contribution in [0.2, 0.25) is 0 Å². The molecule has 0 aromatic heterocycles. The van der Waals surface area contributed by atoms with Crippen molar-refractivity contribution in [1.29, 1.82) is 0 Å². The third-order valence-electron chi connectivity index (χ3n) is 4.74. The minimum Gasteiger partial charge on any atom is -0.354 e. The fourth-order valence-corrected chi connectivity index (χ4v) is 3.13. The minimum atomic E-state index is -0.465. The van der Waals surface area contributed by atoms with Crippen molar-refractivity contribution in [2.45, 2.75) is 52.6 Å². The Balaban J connectivity index is 2.27. The Morgan fingerprint density at radius 2 is 1.67 bits per heavy atom. The lowest BCUT2D eigenvalue weighted by Gasteiger charge is -2.31. The van der Waals surface area contributed by atoms with Gasteiger partial charge in [0.25, 0.3) is 0 Å². The average molecular weight is 367 g/mol. The zero-order valence-corrected chi connectivity index (χ0v) is 16.6. The molecule has 0 spiro atoms. The summed E-state index contributed by atoms with van der Waals surface area (Å²) in [4.78, 5) is 27.6. The van der Waals surface area contributed by atoms with Crippen LogP contribution < -0.4 is 5.32 Å². The summed E-state index contributed by atoms with van der Waals surface area (Å²) in [6, 6.07) is 17.2. The van der Waals surface area contributed by atoms with E-state index in [-0.39, 0.29) is 11.8 Å². The van der Waals surface area contributed by atoms with E-state index in [2.05, 4.69) is 5.32 Å². The van der Waals surface area contributed by atoms with E-state index in [1.165, 1.54) is 0 Å². The number of carbonyl (C=O) groups is 2. The largest absolute Gasteiger partial charge is 0.354 e. The van der Waals surface area contributed by atoms with E-state index in [0.29, 0.717) is 25.9 Å². The van der Waals surface area contributed by atoms with E-state index in [0.717, 1.165) is 23.1 Å². The van der Waals surface area contributed by atoms with Gasteiger partial charge >= 0.3 is 0 Å². The summed E-state index contributed by atoms with van der Waals surface area (Å²) in [7, 11) is 0. The van der Waals surface area contributed by atoms with Crippen LogP contribution in [0.5, 0.6) is 0 Å². The lowest BCUT2D eigenvalue weighted by Crippen LogP contribution is -2.49. The maximum absolute atomic E-state index is 13.2. The molecule has 4 heteroatoms. The zero-order chi connectivity index (χ0) is 19.6. The summed E-state index contributed by atoms with van der Waals surface area (Å²) in [5.41, 5.74) is 3.15. The van der Waals surface area contributed by atoms with E-state index >= 15 is 0 Å². The van der Waals surface area contributed by atoms with Crippen molar-refractivity contribution < 1.29 is 9.59 Å². The molecule has 0 saturated heterocycles. The van der Waals surface area contributed by atoms with Crippen molar-refractivity contribution in [3.05, 3.63) is 71.3 Å². The molecule has 0 aliphatic rings. The molecule has 0 radical (unpaired) electrons. The number of benzene rings is 2. The Morgan fingerprint density at radius 1 is 1.00 bits per heavy atom. The Morgan fingerprint density at radius 3 is 2.30 bits per heavy atom. The van der Waals surface area contributed by atoms with Gasteiger partial charge in [-0.25, -0.2) is 0 Å². The Bertz CT molecular complexity index is 743. The standard InChI is InChI=1S/C23H30N2O2/c1-4-15-24-23(27)21(5-2)25(17-20-14-10-9-11-18(20)3)22(26)16-19-12-7-6-8-13-19/h6-14,21H,4-5,15-17H2,1-3H3,(H,24,27). The van der Waals surface area contributed by atoms with Gasteiger partial charge in [0.05, 0.1) is 6.42 Å². The average Bonchev–Trinajstić information content (AvgIpc) is 2.68. The topological polar surface area (TPSA) is 49.4 Å². The number of rotatable bonds is 9. The number of nitrogens with one attached hydrogen (secondary N) is 1. The number of hydrogen-bond acceptors (Lipinski definition) is 2. The highest BCUT2D eigenvalue weighted by molar-refractivity contribution is 5.88. The lowest BCUT2D eigenvalue weighted by atomic mass is 10.0. The van der Waals surface area contributed by atoms with Crippen LogP contribution in [0.25, 0.3) is 0 Å². The van der Waals surface area contributed by atoms with Gasteiger partial charge in [0.15, 0.2) is 0 Å². The molecule has 4 nitrogen and oxygen atoms in total. The molecule has 144 valence electrons. The van der Waals surface area contributed by atoms with Gasteiger partial charge in [-0.05, 0) is 36.5 Å². The first-order valence-electron chi connectivity index (χ1n) is 9.72. The van der Waals surface area contributed by atoms with Crippen molar-refractivity contribution >= 4 is 11.8 Å². The summed E-state index contributed by atoms with van der Waals surface area (Å²) in [6.07, 6.45) is 1.75. The molecule has 1 atom stereocenters. The van der Waals surface area contributed by atoms with Crippen LogP contribution in [-0.2, 0) is 22.6 Å². The predicted octanol–water partition coefficient (Wildman–Crippen LogP) is 3.87. The molecule has 2 amide bonds. The van der Waals surface area contributed by atoms with E-state index < -0.39 is 6.04 Å². The van der Waals surface area contributed by atoms with Gasteiger partial charge in [-0.1, -0.05) is 68.4 Å². The minimum absolute atomic E-state index is 0.0250. The van der Waals surface area contributed by atoms with Crippen molar-refractivity contribution in [2.75, 3.05) is 6.54 Å². The molecular weight excluding hydrogens is 336 g/mol. The van der Waals surface area contributed by atoms with Gasteiger partial charge < -0.3 is 10.2 Å². The number of aryl methyl sites for hydroxylation is 1. The van der Waals surface area contributed by atoms with Crippen LogP contribution >= 0.6 is 0 Å². The van der Waals surface area contributed by atoms with Crippen LogP contribution in [0, 0.1) is 6.92 Å². The van der Waals surface area contributed by atoms with Gasteiger partial charge in [0, 0.05) is 13.1 Å². The number of hydrogen-bond donors (Lipinski definition) is 1. The molecule has 0 fully saturated rings. The fraction of sp³-hybridized carbons (Fsp3) is 0.391. The molecule has 0 aliphatic carbocycles. The third kappa shape index (κ3) is 5.95. The summed E-state index contributed by atoms with van der Waals surface area (Å²) >= 11 is 0. The number of amides is 2. The first kappa shape index (κ1) is 20.7. The Hall–Kier alpha value is -2.62. The van der Waals surface area contributed by atoms with Gasteiger partial charge in [0.2, 0.25) is 11.8 Å². The smallest absolute Gasteiger partial charge is 0.242 e. The van der Waals surface area contributed by atoms with E-state index in [1.54, 1.807) is 4.90 Å². The van der Waals surface area contributed by atoms with Crippen molar-refractivity contribution in [3.63, 3.8) is 0 Å². The van der Waals surface area contributed by atoms with Gasteiger partial charge in [-0.15, -0.1) is 0 Å². The maximum atomic E-state index is 13.2. The normalized spacial score (nSPS) is 11.7. The zero-order valence-electron chi connectivity index (χ0n) is 16.6. The first-order valence-corrected chi connectivity index (χ1v) is 9.72. The molecule has 27 heavy (non-hydrogen) atoms. The van der Waals surface area contributed by atoms with E-state index in [1.807, 2.05) is 75.4 Å². The van der Waals surface area contributed by atoms with Gasteiger partial charge in [-0.2, -0.15) is 0 Å². The fourth-order valence-electron chi connectivity index (χ4n) is 3.13. The monoisotopic (exact) mass is 366 g/mol. The molecule has 0 saturated carbocycles. The highest BCUT2D eigenvalue weighted by Crippen LogP contribution is 2.17. The third-order valence-corrected chi connectivity index (χ3v) is 4.74. The van der Waals surface area contributed by atoms with Crippen LogP contribution in [0.1, 0.15) is 43.4 Å². The predicted molar refractivity (Wildman–Crippen MR) is 109 cm³/mol. The second-order valence-corrected chi connectivity index (χ2v) is 6.83. The van der Waals surface area contributed by atoms with Crippen LogP contribution in [-0.4, -0.2) is 29.3 Å². The molecule has 2 rings (SSSR count). The van der Waals surface area contributed by atoms with Gasteiger partial charge in [0.1, 0.15) is 6.04 Å². The molecule has 1 N–H and O–H groups in total. The molecule has 0 heterocycles. The number of nitrogens with zero attached hydrogens (tertiary/aromatic N) is 1. The molecule has 0 aliphatic heterocycles. The summed E-state index contributed by atoms with van der Waals surface area (Å²) in [5.74, 6) is -0.0997. The van der Waals surface area contributed by atoms with Gasteiger partial charge in [-0.3, -0.25) is 9.59 Å². The van der Waals surface area contributed by atoms with E-state index in [4.69, 9.17) is 0 Å². The van der Waals surface area contributed by atoms with Crippen LogP contribution in [0.3, 0.4) is 0 Å². The van der Waals surface area contributed by atoms with Crippen molar-refractivity contribution in [2.24, 2.45) is 0 Å². The number of carbonyl (C=O) groups excluding carboxylic acids is 2. The summed E-state index contributed by atoms with van der Waals surface area (Å²) < 4.78 is 0. The lowest BCUT2D eigenvalue weighted by molar-refractivity contribution is -0.140. The SMILES string of the molecule is CCCNC(=O)C(CC)N(Cc1ccccc1C)C(=O)Cc1ccccc1. The maximum Gasteiger partial charge on any atom is 0.242 e. The molecule has 2 aromatic carbocycles. The second-order valence-electron chi connectivity index (χ2n) is 6.83. The van der Waals surface area contributed by atoms with Crippen molar-refractivity contribution in [1.82, 2.24) is 10.2 Å². The highest BCUT2D eigenvalue weighted by atomic mass is 16.2. The van der Waals surface area contributed by atoms with Crippen LogP contribution in [0.15, 0.2) is 54.6 Å². The second kappa shape index (κ2) is 10.5. The highest BCUT2D eigenvalue weighted by Gasteiger charge is 2.28. The first-order chi connectivity index (χ1) is 13.1. The quantitative estimate of drug-likeness (QED) is 0.732. The Kier molecular flexibility index (Phi) is 8.05. The summed E-state index contributed by atoms with van der Waals surface area (Å²) in [5, 5.41) is 2.95. The molecule has 0 bridgehead atoms. The molecular formula is C23H30N2O2. The molecule has 1 unspecified atom stereocenters. The van der Waals surface area contributed by atoms with Crippen molar-refractivity contribution in [3.8, 4) is 0 Å². The Labute approximate surface area is 162 Å². The summed E-state index contributed by atoms with van der Waals surface area (Å²) in [6.45, 7) is 7.08.